The lowest BCUT2D eigenvalue weighted by molar-refractivity contribution is -0.119. The highest BCUT2D eigenvalue weighted by Gasteiger charge is 2.48. The van der Waals surface area contributed by atoms with Crippen molar-refractivity contribution in [2.45, 2.75) is 45.0 Å². The van der Waals surface area contributed by atoms with Crippen molar-refractivity contribution in [2.75, 3.05) is 7.05 Å². The number of imide groups is 1. The van der Waals surface area contributed by atoms with E-state index in [1.54, 1.807) is 57.5 Å². The maximum atomic E-state index is 13.4. The Bertz CT molecular complexity index is 1260. The standard InChI is InChI=1S/C26H27BrN4O5S/c1-26(2,3)36-22(33)18-9-5-17(6-10-18)14-30-23(34)29(4)25-31(24(30)35)20(15-37-25)21(32)28-13-16-7-11-19(27)12-8-16/h5-12,15,25H,13-14H2,1-4H3,(H,28,32). The number of benzene rings is 2. The van der Waals surface area contributed by atoms with Gasteiger partial charge in [0, 0.05) is 23.5 Å². The maximum Gasteiger partial charge on any atom is 0.338 e. The van der Waals surface area contributed by atoms with Crippen LogP contribution in [-0.4, -0.2) is 56.8 Å². The van der Waals surface area contributed by atoms with Gasteiger partial charge in [-0.05, 0) is 56.2 Å². The lowest BCUT2D eigenvalue weighted by Gasteiger charge is -2.42. The number of esters is 1. The molecule has 1 saturated heterocycles. The summed E-state index contributed by atoms with van der Waals surface area (Å²) >= 11 is 4.61. The summed E-state index contributed by atoms with van der Waals surface area (Å²) in [5.74, 6) is -0.861. The minimum Gasteiger partial charge on any atom is -0.456 e. The highest BCUT2D eigenvalue weighted by Crippen LogP contribution is 2.37. The predicted octanol–water partition coefficient (Wildman–Crippen LogP) is 4.88. The van der Waals surface area contributed by atoms with Crippen LogP contribution in [0.1, 0.15) is 42.3 Å². The molecule has 0 aliphatic carbocycles. The van der Waals surface area contributed by atoms with Crippen LogP contribution >= 0.6 is 27.7 Å². The molecular weight excluding hydrogens is 560 g/mol. The summed E-state index contributed by atoms with van der Waals surface area (Å²) in [4.78, 5) is 55.5. The number of thioether (sulfide) groups is 1. The predicted molar refractivity (Wildman–Crippen MR) is 143 cm³/mol. The third-order valence-corrected chi connectivity index (χ3v) is 7.27. The van der Waals surface area contributed by atoms with E-state index in [0.29, 0.717) is 17.7 Å². The molecule has 2 aliphatic rings. The van der Waals surface area contributed by atoms with Gasteiger partial charge in [0.1, 0.15) is 11.3 Å². The molecule has 1 unspecified atom stereocenters. The molecule has 2 aliphatic heterocycles. The van der Waals surface area contributed by atoms with Crippen molar-refractivity contribution in [2.24, 2.45) is 0 Å². The van der Waals surface area contributed by atoms with E-state index < -0.39 is 35.0 Å². The van der Waals surface area contributed by atoms with Crippen LogP contribution in [0.15, 0.2) is 64.1 Å². The molecule has 11 heteroatoms. The number of amides is 5. The summed E-state index contributed by atoms with van der Waals surface area (Å²) in [6.45, 7) is 5.65. The van der Waals surface area contributed by atoms with Crippen LogP contribution in [-0.2, 0) is 22.6 Å². The first-order chi connectivity index (χ1) is 17.4. The van der Waals surface area contributed by atoms with Crippen LogP contribution in [0.2, 0.25) is 0 Å². The summed E-state index contributed by atoms with van der Waals surface area (Å²) < 4.78 is 6.31. The van der Waals surface area contributed by atoms with E-state index in [1.165, 1.54) is 21.6 Å². The van der Waals surface area contributed by atoms with Gasteiger partial charge in [-0.2, -0.15) is 0 Å². The second kappa shape index (κ2) is 10.6. The van der Waals surface area contributed by atoms with Gasteiger partial charge in [-0.15, -0.1) is 0 Å². The maximum absolute atomic E-state index is 13.4. The highest BCUT2D eigenvalue weighted by molar-refractivity contribution is 9.10. The second-order valence-electron chi connectivity index (χ2n) is 9.61. The van der Waals surface area contributed by atoms with Gasteiger partial charge in [-0.25, -0.2) is 19.3 Å². The zero-order chi connectivity index (χ0) is 26.9. The molecule has 1 fully saturated rings. The van der Waals surface area contributed by atoms with Crippen molar-refractivity contribution >= 4 is 51.6 Å². The molecule has 1 N–H and O–H groups in total. The molecule has 2 aromatic rings. The van der Waals surface area contributed by atoms with E-state index in [0.717, 1.165) is 14.9 Å². The summed E-state index contributed by atoms with van der Waals surface area (Å²) in [6, 6.07) is 13.0. The van der Waals surface area contributed by atoms with Gasteiger partial charge in [0.15, 0.2) is 5.50 Å². The summed E-state index contributed by atoms with van der Waals surface area (Å²) in [6.07, 6.45) is 0. The molecule has 4 rings (SSSR count). The van der Waals surface area contributed by atoms with Gasteiger partial charge in [0.2, 0.25) is 0 Å². The number of fused-ring (bicyclic) bond motifs is 1. The van der Waals surface area contributed by atoms with Crippen LogP contribution in [0.25, 0.3) is 0 Å². The second-order valence-corrected chi connectivity index (χ2v) is 11.5. The van der Waals surface area contributed by atoms with Crippen molar-refractivity contribution < 1.29 is 23.9 Å². The molecule has 9 nitrogen and oxygen atoms in total. The number of hydrogen-bond acceptors (Lipinski definition) is 6. The molecule has 0 saturated carbocycles. The molecule has 1 atom stereocenters. The number of carbonyl (C=O) groups excluding carboxylic acids is 4. The fourth-order valence-corrected chi connectivity index (χ4v) is 5.09. The summed E-state index contributed by atoms with van der Waals surface area (Å²) in [7, 11) is 1.59. The Morgan fingerprint density at radius 3 is 2.24 bits per heavy atom. The van der Waals surface area contributed by atoms with Gasteiger partial charge in [0.25, 0.3) is 5.91 Å². The first kappa shape index (κ1) is 26.7. The Balaban J connectivity index is 1.45. The number of halogens is 1. The monoisotopic (exact) mass is 586 g/mol. The van der Waals surface area contributed by atoms with Gasteiger partial charge >= 0.3 is 18.0 Å². The zero-order valence-corrected chi connectivity index (χ0v) is 23.3. The van der Waals surface area contributed by atoms with Crippen LogP contribution in [0.3, 0.4) is 0 Å². The lowest BCUT2D eigenvalue weighted by atomic mass is 10.1. The van der Waals surface area contributed by atoms with Crippen molar-refractivity contribution in [3.63, 3.8) is 0 Å². The van der Waals surface area contributed by atoms with E-state index in [4.69, 9.17) is 4.74 Å². The fraction of sp³-hybridized carbons (Fsp3) is 0.308. The number of hydrogen-bond donors (Lipinski definition) is 1. The minimum atomic E-state index is -0.640. The van der Waals surface area contributed by atoms with Gasteiger partial charge in [-0.1, -0.05) is 52.0 Å². The van der Waals surface area contributed by atoms with E-state index in [2.05, 4.69) is 21.2 Å². The highest BCUT2D eigenvalue weighted by atomic mass is 79.9. The Kier molecular flexibility index (Phi) is 7.65. The molecule has 5 amide bonds. The van der Waals surface area contributed by atoms with Crippen LogP contribution in [0.4, 0.5) is 9.59 Å². The van der Waals surface area contributed by atoms with Gasteiger partial charge < -0.3 is 10.1 Å². The van der Waals surface area contributed by atoms with Crippen LogP contribution in [0, 0.1) is 0 Å². The van der Waals surface area contributed by atoms with E-state index in [9.17, 15) is 19.2 Å². The van der Waals surface area contributed by atoms with Crippen molar-refractivity contribution in [3.05, 3.63) is 80.8 Å². The number of nitrogens with zero attached hydrogens (tertiary/aromatic N) is 3. The van der Waals surface area contributed by atoms with Crippen molar-refractivity contribution in [3.8, 4) is 0 Å². The van der Waals surface area contributed by atoms with E-state index in [1.807, 2.05) is 24.3 Å². The molecule has 2 aromatic carbocycles. The third kappa shape index (κ3) is 5.99. The summed E-state index contributed by atoms with van der Waals surface area (Å²) in [5.41, 5.74) is 0.857. The molecular formula is C26H27BrN4O5S. The number of ether oxygens (including phenoxy) is 1. The number of carbonyl (C=O) groups is 4. The smallest absolute Gasteiger partial charge is 0.338 e. The quantitative estimate of drug-likeness (QED) is 0.484. The average molecular weight is 587 g/mol. The van der Waals surface area contributed by atoms with Crippen LogP contribution < -0.4 is 5.32 Å². The molecule has 37 heavy (non-hydrogen) atoms. The fourth-order valence-electron chi connectivity index (χ4n) is 3.76. The van der Waals surface area contributed by atoms with Gasteiger partial charge in [0.05, 0.1) is 12.1 Å². The molecule has 2 heterocycles. The SMILES string of the molecule is CN1C(=O)N(Cc2ccc(C(=O)OC(C)(C)C)cc2)C(=O)N2C(C(=O)NCc3ccc(Br)cc3)=CSC12. The molecule has 194 valence electrons. The van der Waals surface area contributed by atoms with Gasteiger partial charge in [-0.3, -0.25) is 14.6 Å². The topological polar surface area (TPSA) is 99.3 Å². The lowest BCUT2D eigenvalue weighted by Crippen LogP contribution is -2.62. The number of urea groups is 2. The number of rotatable bonds is 6. The Morgan fingerprint density at radius 1 is 1.00 bits per heavy atom. The van der Waals surface area contributed by atoms with Crippen molar-refractivity contribution in [1.82, 2.24) is 20.0 Å². The van der Waals surface area contributed by atoms with E-state index in [-0.39, 0.29) is 12.2 Å². The summed E-state index contributed by atoms with van der Waals surface area (Å²) in [5, 5.41) is 4.44. The zero-order valence-electron chi connectivity index (χ0n) is 20.9. The molecule has 0 aromatic heterocycles. The largest absolute Gasteiger partial charge is 0.456 e. The van der Waals surface area contributed by atoms with Crippen LogP contribution in [0.5, 0.6) is 0 Å². The normalized spacial score (nSPS) is 17.5. The molecule has 0 spiro atoms. The van der Waals surface area contributed by atoms with Crippen molar-refractivity contribution in [1.29, 1.82) is 0 Å². The Labute approximate surface area is 227 Å². The third-order valence-electron chi connectivity index (χ3n) is 5.61. The van der Waals surface area contributed by atoms with E-state index >= 15 is 0 Å². The molecule has 0 radical (unpaired) electrons. The Hall–Kier alpha value is -3.31. The first-order valence-electron chi connectivity index (χ1n) is 11.5. The minimum absolute atomic E-state index is 0.0156. The average Bonchev–Trinajstić information content (AvgIpc) is 3.30. The first-order valence-corrected chi connectivity index (χ1v) is 13.3. The Morgan fingerprint density at radius 2 is 1.62 bits per heavy atom. The molecule has 0 bridgehead atoms. The number of nitrogens with one attached hydrogen (secondary N) is 1.